The first kappa shape index (κ1) is 22.0. The van der Waals surface area contributed by atoms with Gasteiger partial charge in [-0.1, -0.05) is 6.07 Å². The van der Waals surface area contributed by atoms with Crippen LogP contribution in [0.3, 0.4) is 0 Å². The number of esters is 1. The van der Waals surface area contributed by atoms with Gasteiger partial charge in [-0.25, -0.2) is 0 Å². The van der Waals surface area contributed by atoms with E-state index >= 15 is 0 Å². The number of hydrogen-bond donors (Lipinski definition) is 0. The highest BCUT2D eigenvalue weighted by Crippen LogP contribution is 2.56. The third kappa shape index (κ3) is 3.56. The van der Waals surface area contributed by atoms with Crippen molar-refractivity contribution in [2.24, 2.45) is 29.6 Å². The van der Waals surface area contributed by atoms with Gasteiger partial charge in [-0.05, 0) is 92.5 Å². The number of carbonyl (C=O) groups excluding carboxylic acids is 4. The number of fused-ring (bicyclic) bond motifs is 5. The topological polar surface area (TPSA) is 84.0 Å². The van der Waals surface area contributed by atoms with Crippen molar-refractivity contribution in [3.8, 4) is 5.75 Å². The number of imide groups is 1. The third-order valence-electron chi connectivity index (χ3n) is 8.22. The van der Waals surface area contributed by atoms with Gasteiger partial charge < -0.3 is 9.64 Å². The van der Waals surface area contributed by atoms with Crippen molar-refractivity contribution in [2.45, 2.75) is 39.5 Å². The minimum atomic E-state index is -0.556. The fourth-order valence-corrected chi connectivity index (χ4v) is 6.75. The van der Waals surface area contributed by atoms with E-state index in [1.54, 1.807) is 29.2 Å². The summed E-state index contributed by atoms with van der Waals surface area (Å²) in [7, 11) is 0. The zero-order chi connectivity index (χ0) is 24.4. The minimum absolute atomic E-state index is 0.0899. The van der Waals surface area contributed by atoms with Gasteiger partial charge >= 0.3 is 5.97 Å². The molecule has 2 bridgehead atoms. The van der Waals surface area contributed by atoms with Gasteiger partial charge in [0.2, 0.25) is 17.7 Å². The lowest BCUT2D eigenvalue weighted by Crippen LogP contribution is -2.32. The number of hydrogen-bond acceptors (Lipinski definition) is 5. The average molecular weight is 473 g/mol. The lowest BCUT2D eigenvalue weighted by Gasteiger charge is -2.19. The molecule has 7 heteroatoms. The van der Waals surface area contributed by atoms with Crippen LogP contribution in [-0.2, 0) is 19.2 Å². The van der Waals surface area contributed by atoms with Gasteiger partial charge in [0.25, 0.3) is 0 Å². The maximum absolute atomic E-state index is 13.0. The minimum Gasteiger partial charge on any atom is -0.426 e. The molecule has 5 atom stereocenters. The molecule has 2 aliphatic heterocycles. The van der Waals surface area contributed by atoms with Gasteiger partial charge in [0.1, 0.15) is 5.75 Å². The summed E-state index contributed by atoms with van der Waals surface area (Å²) >= 11 is 0. The van der Waals surface area contributed by atoms with E-state index in [2.05, 4.69) is 0 Å². The fourth-order valence-electron chi connectivity index (χ4n) is 6.75. The molecule has 2 heterocycles. The number of ether oxygens (including phenoxy) is 1. The Morgan fingerprint density at radius 3 is 2.06 bits per heavy atom. The standard InChI is InChI=1S/C28H28N2O5/c1-15-9-16(2)11-21(10-15)29-14-19(13-23(29)31)28(34)35-22-7-5-20(6-8-22)30-26(32)24-17-3-4-18(12-17)25(24)27(30)33/h5-11,17-19,24-25H,3-4,12-14H2,1-2H3. The Bertz CT molecular complexity index is 1200. The molecule has 5 unspecified atom stereocenters. The molecule has 35 heavy (non-hydrogen) atoms. The van der Waals surface area contributed by atoms with Crippen LogP contribution in [0.25, 0.3) is 0 Å². The molecule has 180 valence electrons. The lowest BCUT2D eigenvalue weighted by molar-refractivity contribution is -0.139. The molecule has 3 amide bonds. The van der Waals surface area contributed by atoms with Gasteiger partial charge in [-0.3, -0.25) is 24.1 Å². The third-order valence-corrected chi connectivity index (χ3v) is 8.22. The van der Waals surface area contributed by atoms with E-state index in [1.165, 1.54) is 4.90 Å². The molecule has 0 radical (unpaired) electrons. The fraction of sp³-hybridized carbons (Fsp3) is 0.429. The van der Waals surface area contributed by atoms with Crippen LogP contribution in [0.5, 0.6) is 5.75 Å². The van der Waals surface area contributed by atoms with E-state index < -0.39 is 11.9 Å². The molecule has 0 spiro atoms. The van der Waals surface area contributed by atoms with Gasteiger partial charge in [-0.15, -0.1) is 0 Å². The quantitative estimate of drug-likeness (QED) is 0.384. The van der Waals surface area contributed by atoms with Crippen molar-refractivity contribution in [3.05, 3.63) is 53.6 Å². The molecule has 2 saturated heterocycles. The Kier molecular flexibility index (Phi) is 5.06. The zero-order valence-corrected chi connectivity index (χ0v) is 19.9. The average Bonchev–Trinajstić information content (AvgIpc) is 3.57. The van der Waals surface area contributed by atoms with Crippen LogP contribution in [0.4, 0.5) is 11.4 Å². The molecule has 0 aromatic heterocycles. The SMILES string of the molecule is Cc1cc(C)cc(N2CC(C(=O)Oc3ccc(N4C(=O)C5C6CCC(C6)C5C4=O)cc3)CC2=O)c1. The summed E-state index contributed by atoms with van der Waals surface area (Å²) in [5.74, 6) is -0.628. The first-order chi connectivity index (χ1) is 16.8. The van der Waals surface area contributed by atoms with Gasteiger partial charge in [0, 0.05) is 18.7 Å². The molecule has 2 aliphatic carbocycles. The van der Waals surface area contributed by atoms with Crippen LogP contribution in [0.2, 0.25) is 0 Å². The molecule has 7 nitrogen and oxygen atoms in total. The molecule has 2 aromatic rings. The molecule has 0 N–H and O–H groups in total. The zero-order valence-electron chi connectivity index (χ0n) is 19.9. The number of carbonyl (C=O) groups is 4. The summed E-state index contributed by atoms with van der Waals surface area (Å²) in [5, 5.41) is 0. The second kappa shape index (κ2) is 8.04. The molecular weight excluding hydrogens is 444 g/mol. The highest BCUT2D eigenvalue weighted by Gasteiger charge is 2.61. The van der Waals surface area contributed by atoms with E-state index in [-0.39, 0.29) is 42.5 Å². The normalized spacial score (nSPS) is 29.3. The van der Waals surface area contributed by atoms with Crippen LogP contribution in [0.1, 0.15) is 36.8 Å². The Morgan fingerprint density at radius 2 is 1.46 bits per heavy atom. The molecule has 2 saturated carbocycles. The summed E-state index contributed by atoms with van der Waals surface area (Å²) in [4.78, 5) is 54.4. The summed E-state index contributed by atoms with van der Waals surface area (Å²) in [6, 6.07) is 12.4. The lowest BCUT2D eigenvalue weighted by atomic mass is 9.81. The first-order valence-electron chi connectivity index (χ1n) is 12.4. The monoisotopic (exact) mass is 472 g/mol. The first-order valence-corrected chi connectivity index (χ1v) is 12.4. The number of rotatable bonds is 4. The maximum atomic E-state index is 13.0. The second-order valence-electron chi connectivity index (χ2n) is 10.6. The van der Waals surface area contributed by atoms with E-state index in [4.69, 9.17) is 4.74 Å². The van der Waals surface area contributed by atoms with E-state index in [1.807, 2.05) is 32.0 Å². The number of nitrogens with zero attached hydrogens (tertiary/aromatic N) is 2. The van der Waals surface area contributed by atoms with Gasteiger partial charge in [0.05, 0.1) is 23.4 Å². The number of benzene rings is 2. The summed E-state index contributed by atoms with van der Waals surface area (Å²) in [5.41, 5.74) is 3.44. The highest BCUT2D eigenvalue weighted by molar-refractivity contribution is 6.22. The molecule has 4 fully saturated rings. The largest absolute Gasteiger partial charge is 0.426 e. The van der Waals surface area contributed by atoms with Crippen molar-refractivity contribution in [2.75, 3.05) is 16.3 Å². The molecule has 4 aliphatic rings. The van der Waals surface area contributed by atoms with Crippen molar-refractivity contribution in [1.29, 1.82) is 0 Å². The van der Waals surface area contributed by atoms with Crippen molar-refractivity contribution < 1.29 is 23.9 Å². The summed E-state index contributed by atoms with van der Waals surface area (Å²) in [6.45, 7) is 4.24. The number of aryl methyl sites for hydroxylation is 2. The molecular formula is C28H28N2O5. The predicted molar refractivity (Wildman–Crippen MR) is 129 cm³/mol. The summed E-state index contributed by atoms with van der Waals surface area (Å²) in [6.07, 6.45) is 3.18. The van der Waals surface area contributed by atoms with E-state index in [9.17, 15) is 19.2 Å². The van der Waals surface area contributed by atoms with Crippen LogP contribution < -0.4 is 14.5 Å². The van der Waals surface area contributed by atoms with Crippen molar-refractivity contribution >= 4 is 35.1 Å². The van der Waals surface area contributed by atoms with E-state index in [0.29, 0.717) is 23.3 Å². The van der Waals surface area contributed by atoms with Crippen LogP contribution in [-0.4, -0.2) is 30.2 Å². The van der Waals surface area contributed by atoms with Crippen LogP contribution >= 0.6 is 0 Å². The molecule has 2 aromatic carbocycles. The Morgan fingerprint density at radius 1 is 0.857 bits per heavy atom. The number of anilines is 2. The van der Waals surface area contributed by atoms with Crippen LogP contribution in [0.15, 0.2) is 42.5 Å². The smallest absolute Gasteiger partial charge is 0.316 e. The maximum Gasteiger partial charge on any atom is 0.316 e. The van der Waals surface area contributed by atoms with Crippen molar-refractivity contribution in [1.82, 2.24) is 0 Å². The van der Waals surface area contributed by atoms with E-state index in [0.717, 1.165) is 36.1 Å². The van der Waals surface area contributed by atoms with Crippen molar-refractivity contribution in [3.63, 3.8) is 0 Å². The highest BCUT2D eigenvalue weighted by atomic mass is 16.5. The summed E-state index contributed by atoms with van der Waals surface area (Å²) < 4.78 is 5.56. The Labute approximate surface area is 204 Å². The number of amides is 3. The second-order valence-corrected chi connectivity index (χ2v) is 10.6. The molecule has 6 rings (SSSR count). The van der Waals surface area contributed by atoms with Gasteiger partial charge in [-0.2, -0.15) is 0 Å². The Balaban J connectivity index is 1.13. The van der Waals surface area contributed by atoms with Crippen LogP contribution in [0, 0.1) is 43.4 Å². The predicted octanol–water partition coefficient (Wildman–Crippen LogP) is 3.80. The van der Waals surface area contributed by atoms with Gasteiger partial charge in [0.15, 0.2) is 0 Å². The Hall–Kier alpha value is -3.48.